The number of ether oxygens (including phenoxy) is 1. The first-order chi connectivity index (χ1) is 60.7. The van der Waals surface area contributed by atoms with Gasteiger partial charge in [-0.1, -0.05) is 220 Å². The quantitative estimate of drug-likeness (QED) is 0.0336. The van der Waals surface area contributed by atoms with Crippen LogP contribution < -0.4 is 26.0 Å². The van der Waals surface area contributed by atoms with E-state index in [9.17, 15) is 45.5 Å². The molecule has 4 fully saturated rings. The van der Waals surface area contributed by atoms with Crippen molar-refractivity contribution < 1.29 is 50.3 Å². The summed E-state index contributed by atoms with van der Waals surface area (Å²) in [7, 11) is 0. The van der Waals surface area contributed by atoms with Crippen molar-refractivity contribution in [3.8, 4) is 5.75 Å². The van der Waals surface area contributed by atoms with Crippen molar-refractivity contribution in [3.63, 3.8) is 0 Å². The van der Waals surface area contributed by atoms with E-state index in [2.05, 4.69) is 189 Å². The second-order valence-electron chi connectivity index (χ2n) is 36.5. The predicted molar refractivity (Wildman–Crippen MR) is 505 cm³/mol. The van der Waals surface area contributed by atoms with E-state index in [1.165, 1.54) is 89.9 Å². The van der Waals surface area contributed by atoms with Crippen LogP contribution in [0.4, 0.5) is 68.3 Å². The van der Waals surface area contributed by atoms with Crippen molar-refractivity contribution in [3.05, 3.63) is 257 Å². The maximum atomic E-state index is 13.4. The highest BCUT2D eigenvalue weighted by Crippen LogP contribution is 2.34. The van der Waals surface area contributed by atoms with Crippen LogP contribution in [0.1, 0.15) is 223 Å². The molecule has 4 N–H and O–H groups in total. The monoisotopic (exact) mass is 1750 g/mol. The van der Waals surface area contributed by atoms with Gasteiger partial charge in [0.15, 0.2) is 0 Å². The van der Waals surface area contributed by atoms with Gasteiger partial charge in [0.25, 0.3) is 0 Å². The van der Waals surface area contributed by atoms with Gasteiger partial charge < -0.3 is 65.2 Å². The zero-order chi connectivity index (χ0) is 91.6. The number of aryl methyl sites for hydroxylation is 2. The largest absolute Gasteiger partial charge is 0.573 e. The minimum atomic E-state index is -4.75. The average Bonchev–Trinajstić information content (AvgIpc) is 0.836. The predicted octanol–water partition coefficient (Wildman–Crippen LogP) is 25.4. The third-order valence-corrected chi connectivity index (χ3v) is 25.2. The third kappa shape index (κ3) is 33.9. The number of piperidine rings is 4. The highest BCUT2D eigenvalue weighted by atomic mass is 19.4. The molecule has 690 valence electrons. The molecule has 3 atom stereocenters. The second kappa shape index (κ2) is 50.1. The summed E-state index contributed by atoms with van der Waals surface area (Å²) >= 11 is 0. The zero-order valence-corrected chi connectivity index (χ0v) is 77.5. The molecule has 3 unspecified atom stereocenters. The summed E-state index contributed by atoms with van der Waals surface area (Å²) < 4.78 is 80.3. The molecule has 0 aromatic heterocycles. The minimum absolute atomic E-state index is 0.00200. The number of anilines is 4. The number of likely N-dealkylation sites (tertiary alicyclic amines) is 4. The number of carbonyl (C=O) groups is 4. The lowest BCUT2D eigenvalue weighted by atomic mass is 9.91. The molecule has 8 aromatic rings. The van der Waals surface area contributed by atoms with E-state index < -0.39 is 18.1 Å². The molecule has 8 aromatic carbocycles. The molecule has 0 spiro atoms. The van der Waals surface area contributed by atoms with E-state index >= 15 is 0 Å². The Labute approximate surface area is 753 Å². The Balaban J connectivity index is 0.000000191. The Kier molecular flexibility index (Phi) is 39.8. The Morgan fingerprint density at radius 2 is 0.709 bits per heavy atom. The molecule has 4 heterocycles. The minimum Gasteiger partial charge on any atom is -0.406 e. The topological polar surface area (TPSA) is 152 Å². The Bertz CT molecular complexity index is 4550. The van der Waals surface area contributed by atoms with E-state index in [4.69, 9.17) is 0 Å². The van der Waals surface area contributed by atoms with E-state index in [-0.39, 0.29) is 65.1 Å². The first kappa shape index (κ1) is 101. The highest BCUT2D eigenvalue weighted by molar-refractivity contribution is 5.92. The smallest absolute Gasteiger partial charge is 0.406 e. The molecule has 4 saturated heterocycles. The van der Waals surface area contributed by atoms with Crippen LogP contribution in [0.3, 0.4) is 0 Å². The van der Waals surface area contributed by atoms with Crippen molar-refractivity contribution in [1.29, 1.82) is 0 Å². The number of hydrogen-bond donors (Lipinski definition) is 4. The number of nitrogens with one attached hydrogen (secondary N) is 4. The van der Waals surface area contributed by atoms with Gasteiger partial charge in [0.1, 0.15) is 5.75 Å². The van der Waals surface area contributed by atoms with Gasteiger partial charge in [-0.2, -0.15) is 13.2 Å². The lowest BCUT2D eigenvalue weighted by molar-refractivity contribution is -0.274. The van der Waals surface area contributed by atoms with Gasteiger partial charge in [-0.05, 0) is 235 Å². The number of carbonyl (C=O) groups excluding carboxylic acids is 4. The number of rotatable bonds is 29. The molecule has 17 nitrogen and oxygen atoms in total. The maximum absolute atomic E-state index is 13.4. The molecule has 0 saturated carbocycles. The molecule has 127 heavy (non-hydrogen) atoms. The van der Waals surface area contributed by atoms with Crippen LogP contribution in [0.25, 0.3) is 0 Å². The second-order valence-corrected chi connectivity index (χ2v) is 36.5. The van der Waals surface area contributed by atoms with Gasteiger partial charge in [-0.15, -0.1) is 13.2 Å². The fraction of sp³-hybridized carbons (Fsp3) is 0.500. The Hall–Kier alpha value is -9.94. The standard InChI is InChI=1S/C27H39N3O.C26H34F3N3O.C26H37N3O.C25H32F3N3O2/c1-5-10-22(4)29-17-15-26(16-18-29)30(20-23-11-7-6-8-12-23)27(31)28-25-14-9-13-24(19-25)21(2)3;1-25(2,3)14-17-31-15-12-23(13-16-31)32(19-20-8-5-4-6-9-20)24(33)30-22-11-7-10-21(18-22)26(27,28)29;1-5-9-22(4)28-16-14-25(15-17-28)29(19-23-10-7-6-8-11-23)26(30)27-24-13-12-20(2)21(3)18-24;1-3-7-19(2)30-16-14-22(15-17-30)31(18-20-8-5-4-6-9-20)24(32)29-21-10-12-23(13-11-21)33-25(26,27)28/h6-9,11-14,19,21-22,26H,5,10,15-18,20H2,1-4H3,(H,28,31);4-11,18,23H,12-17,19H2,1-3H3,(H,30,33);6-8,10-13,18,22,25H,5,9,14-17,19H2,1-4H3,(H,27,30);4-6,8-13,19,22H,3,7,14-18H2,1-2H3,(H,29,32). The van der Waals surface area contributed by atoms with Gasteiger partial charge in [0, 0.05) is 144 Å². The summed E-state index contributed by atoms with van der Waals surface area (Å²) in [6.45, 7) is 40.0. The van der Waals surface area contributed by atoms with Crippen LogP contribution in [-0.4, -0.2) is 171 Å². The number of urea groups is 4. The highest BCUT2D eigenvalue weighted by Gasteiger charge is 2.37. The molecular weight excluding hydrogens is 1610 g/mol. The van der Waals surface area contributed by atoms with Crippen LogP contribution >= 0.6 is 0 Å². The molecule has 4 aliphatic rings. The molecule has 4 aliphatic heterocycles. The molecule has 0 aliphatic carbocycles. The molecule has 23 heteroatoms. The van der Waals surface area contributed by atoms with Crippen LogP contribution in [0.5, 0.6) is 5.75 Å². The van der Waals surface area contributed by atoms with Crippen LogP contribution in [0.15, 0.2) is 212 Å². The van der Waals surface area contributed by atoms with E-state index in [1.807, 2.05) is 125 Å². The summed E-state index contributed by atoms with van der Waals surface area (Å²) in [4.78, 5) is 71.0. The van der Waals surface area contributed by atoms with Crippen molar-refractivity contribution in [2.45, 2.75) is 273 Å². The molecule has 8 amide bonds. The molecule has 0 bridgehead atoms. The molecule has 12 rings (SSSR count). The van der Waals surface area contributed by atoms with Gasteiger partial charge in [0.2, 0.25) is 0 Å². The third-order valence-electron chi connectivity index (χ3n) is 25.2. The van der Waals surface area contributed by atoms with Gasteiger partial charge >= 0.3 is 36.7 Å². The van der Waals surface area contributed by atoms with Crippen molar-refractivity contribution in [2.75, 3.05) is 80.2 Å². The Morgan fingerprint density at radius 3 is 1.03 bits per heavy atom. The number of hydrogen-bond acceptors (Lipinski definition) is 9. The van der Waals surface area contributed by atoms with Crippen LogP contribution in [-0.2, 0) is 32.4 Å². The normalized spacial score (nSPS) is 16.2. The first-order valence-electron chi connectivity index (χ1n) is 46.3. The molecule has 0 radical (unpaired) electrons. The Morgan fingerprint density at radius 1 is 0.386 bits per heavy atom. The summed E-state index contributed by atoms with van der Waals surface area (Å²) in [5, 5.41) is 11.9. The lowest BCUT2D eigenvalue weighted by Crippen LogP contribution is -2.50. The fourth-order valence-electron chi connectivity index (χ4n) is 17.3. The summed E-state index contributed by atoms with van der Waals surface area (Å²) in [5.74, 6) is 0.113. The summed E-state index contributed by atoms with van der Waals surface area (Å²) in [6.07, 6.45) is 6.70. The summed E-state index contributed by atoms with van der Waals surface area (Å²) in [6, 6.07) is 66.3. The zero-order valence-electron chi connectivity index (χ0n) is 77.5. The van der Waals surface area contributed by atoms with Crippen LogP contribution in [0.2, 0.25) is 0 Å². The number of halogens is 6. The SMILES string of the molecule is CC(C)(C)CCN1CCC(N(Cc2ccccc2)C(=O)Nc2cccc(C(F)(F)F)c2)CC1.CCCC(C)N1CCC(N(Cc2ccccc2)C(=O)Nc2ccc(C)c(C)c2)CC1.CCCC(C)N1CCC(N(Cc2ccccc2)C(=O)Nc2ccc(OC(F)(F)F)cc2)CC1.CCCC(C)N1CCC(N(Cc2ccccc2)C(=O)Nc2cccc(C(C)C)c2)CC1. The number of amides is 8. The maximum Gasteiger partial charge on any atom is 0.573 e. The van der Waals surface area contributed by atoms with Crippen LogP contribution in [0, 0.1) is 19.3 Å². The first-order valence-corrected chi connectivity index (χ1v) is 46.3. The lowest BCUT2D eigenvalue weighted by Gasteiger charge is -2.40. The van der Waals surface area contributed by atoms with Crippen molar-refractivity contribution in [2.24, 2.45) is 5.41 Å². The van der Waals surface area contributed by atoms with Crippen molar-refractivity contribution in [1.82, 2.24) is 39.2 Å². The fourth-order valence-corrected chi connectivity index (χ4v) is 17.3. The van der Waals surface area contributed by atoms with Crippen molar-refractivity contribution >= 4 is 46.9 Å². The van der Waals surface area contributed by atoms with Gasteiger partial charge in [-0.3, -0.25) is 0 Å². The average molecular weight is 1750 g/mol. The summed E-state index contributed by atoms with van der Waals surface area (Å²) in [5.41, 5.74) is 9.87. The van der Waals surface area contributed by atoms with E-state index in [1.54, 1.807) is 4.90 Å². The van der Waals surface area contributed by atoms with Gasteiger partial charge in [-0.25, -0.2) is 19.2 Å². The molecular formula is C104H142F6N12O5. The number of alkyl halides is 6. The van der Waals surface area contributed by atoms with Gasteiger partial charge in [0.05, 0.1) is 5.56 Å². The van der Waals surface area contributed by atoms with E-state index in [0.29, 0.717) is 55.9 Å². The van der Waals surface area contributed by atoms with E-state index in [0.717, 1.165) is 164 Å². The number of nitrogens with zero attached hydrogens (tertiary/aromatic N) is 8. The number of benzene rings is 8.